The molecule has 0 saturated heterocycles. The molecular weight excluding hydrogens is 406 g/mol. The Hall–Kier alpha value is -2.55. The summed E-state index contributed by atoms with van der Waals surface area (Å²) in [7, 11) is -3.74. The predicted molar refractivity (Wildman–Crippen MR) is 115 cm³/mol. The predicted octanol–water partition coefficient (Wildman–Crippen LogP) is 4.07. The van der Waals surface area contributed by atoms with E-state index in [1.165, 1.54) is 29.0 Å². The van der Waals surface area contributed by atoms with Crippen LogP contribution in [-0.2, 0) is 10.0 Å². The standard InChI is InChI=1S/C21H23N3O3S2/c1-13(2)15-4-6-17(7-5-15)21-24-19(12-28-21)20(25)23-14(3)16-8-10-18(11-9-16)29(22,26)27/h4-14H,1-3H3,(H,23,25)(H2,22,26,27)/t14-/m1/s1. The number of nitrogens with zero attached hydrogens (tertiary/aromatic N) is 1. The van der Waals surface area contributed by atoms with E-state index in [0.717, 1.165) is 16.1 Å². The van der Waals surface area contributed by atoms with E-state index in [2.05, 4.69) is 36.3 Å². The van der Waals surface area contributed by atoms with Crippen molar-refractivity contribution in [2.24, 2.45) is 5.14 Å². The zero-order valence-corrected chi connectivity index (χ0v) is 18.0. The first-order valence-corrected chi connectivity index (χ1v) is 11.6. The van der Waals surface area contributed by atoms with Crippen LogP contribution in [0.2, 0.25) is 0 Å². The van der Waals surface area contributed by atoms with Gasteiger partial charge in [0, 0.05) is 10.9 Å². The van der Waals surface area contributed by atoms with E-state index in [9.17, 15) is 13.2 Å². The van der Waals surface area contributed by atoms with Gasteiger partial charge in [-0.3, -0.25) is 4.79 Å². The average Bonchev–Trinajstić information content (AvgIpc) is 3.18. The van der Waals surface area contributed by atoms with Gasteiger partial charge < -0.3 is 5.32 Å². The first-order chi connectivity index (χ1) is 13.6. The van der Waals surface area contributed by atoms with Crippen molar-refractivity contribution in [3.63, 3.8) is 0 Å². The van der Waals surface area contributed by atoms with E-state index in [0.29, 0.717) is 11.6 Å². The number of amides is 1. The van der Waals surface area contributed by atoms with Gasteiger partial charge in [-0.1, -0.05) is 50.2 Å². The summed E-state index contributed by atoms with van der Waals surface area (Å²) in [6.45, 7) is 6.11. The van der Waals surface area contributed by atoms with Crippen LogP contribution in [0.1, 0.15) is 54.3 Å². The molecule has 0 spiro atoms. The molecule has 0 aliphatic heterocycles. The van der Waals surface area contributed by atoms with E-state index >= 15 is 0 Å². The number of nitrogens with one attached hydrogen (secondary N) is 1. The van der Waals surface area contributed by atoms with Crippen molar-refractivity contribution in [2.45, 2.75) is 37.6 Å². The Labute approximate surface area is 174 Å². The van der Waals surface area contributed by atoms with Crippen LogP contribution in [0.4, 0.5) is 0 Å². The van der Waals surface area contributed by atoms with Crippen LogP contribution in [0.3, 0.4) is 0 Å². The summed E-state index contributed by atoms with van der Waals surface area (Å²) >= 11 is 1.42. The van der Waals surface area contributed by atoms with Crippen LogP contribution in [-0.4, -0.2) is 19.3 Å². The number of hydrogen-bond donors (Lipinski definition) is 2. The molecule has 3 rings (SSSR count). The van der Waals surface area contributed by atoms with Gasteiger partial charge in [0.15, 0.2) is 0 Å². The highest BCUT2D eigenvalue weighted by atomic mass is 32.2. The Kier molecular flexibility index (Phi) is 6.16. The lowest BCUT2D eigenvalue weighted by Gasteiger charge is -2.13. The smallest absolute Gasteiger partial charge is 0.271 e. The minimum absolute atomic E-state index is 0.0346. The number of nitrogens with two attached hydrogens (primary N) is 1. The molecule has 1 amide bonds. The van der Waals surface area contributed by atoms with Crippen molar-refractivity contribution in [1.82, 2.24) is 10.3 Å². The quantitative estimate of drug-likeness (QED) is 0.616. The number of hydrogen-bond acceptors (Lipinski definition) is 5. The molecule has 0 unspecified atom stereocenters. The highest BCUT2D eigenvalue weighted by Crippen LogP contribution is 2.26. The average molecular weight is 430 g/mol. The lowest BCUT2D eigenvalue weighted by molar-refractivity contribution is 0.0935. The summed E-state index contributed by atoms with van der Waals surface area (Å²) in [6, 6.07) is 14.0. The van der Waals surface area contributed by atoms with Crippen molar-refractivity contribution >= 4 is 27.3 Å². The monoisotopic (exact) mass is 429 g/mol. The van der Waals surface area contributed by atoms with Crippen LogP contribution >= 0.6 is 11.3 Å². The molecule has 6 nitrogen and oxygen atoms in total. The first-order valence-electron chi connectivity index (χ1n) is 9.14. The van der Waals surface area contributed by atoms with Gasteiger partial charge in [0.2, 0.25) is 10.0 Å². The normalized spacial score (nSPS) is 12.7. The molecule has 0 aliphatic carbocycles. The molecule has 3 aromatic rings. The number of aromatic nitrogens is 1. The maximum absolute atomic E-state index is 12.6. The van der Waals surface area contributed by atoms with Crippen LogP contribution < -0.4 is 10.5 Å². The number of rotatable bonds is 6. The Morgan fingerprint density at radius 1 is 1.00 bits per heavy atom. The Balaban J connectivity index is 1.69. The zero-order valence-electron chi connectivity index (χ0n) is 16.4. The SMILES string of the molecule is CC(C)c1ccc(-c2nc(C(=O)N[C@H](C)c3ccc(S(N)(=O)=O)cc3)cs2)cc1. The number of sulfonamides is 1. The Morgan fingerprint density at radius 3 is 2.14 bits per heavy atom. The summed E-state index contributed by atoms with van der Waals surface area (Å²) in [5, 5.41) is 10.5. The van der Waals surface area contributed by atoms with E-state index < -0.39 is 10.0 Å². The molecule has 0 saturated carbocycles. The Bertz CT molecular complexity index is 1100. The third-order valence-corrected chi connectivity index (χ3v) is 6.44. The van der Waals surface area contributed by atoms with Crippen molar-refractivity contribution in [3.8, 4) is 10.6 Å². The fourth-order valence-corrected chi connectivity index (χ4v) is 4.14. The molecule has 2 aromatic carbocycles. The molecule has 3 N–H and O–H groups in total. The van der Waals surface area contributed by atoms with Crippen LogP contribution in [0.15, 0.2) is 58.8 Å². The molecule has 1 heterocycles. The highest BCUT2D eigenvalue weighted by Gasteiger charge is 2.16. The van der Waals surface area contributed by atoms with Crippen LogP contribution in [0.25, 0.3) is 10.6 Å². The molecule has 0 bridgehead atoms. The number of thiazole rings is 1. The van der Waals surface area contributed by atoms with Gasteiger partial charge in [0.25, 0.3) is 5.91 Å². The maximum atomic E-state index is 12.6. The van der Waals surface area contributed by atoms with Gasteiger partial charge in [-0.2, -0.15) is 0 Å². The number of carbonyl (C=O) groups is 1. The summed E-state index contributed by atoms with van der Waals surface area (Å²) in [5.74, 6) is 0.177. The van der Waals surface area contributed by atoms with Crippen molar-refractivity contribution in [3.05, 3.63) is 70.7 Å². The maximum Gasteiger partial charge on any atom is 0.271 e. The molecule has 152 valence electrons. The molecule has 1 aromatic heterocycles. The van der Waals surface area contributed by atoms with E-state index in [-0.39, 0.29) is 16.8 Å². The van der Waals surface area contributed by atoms with Gasteiger partial charge in [0.1, 0.15) is 10.7 Å². The van der Waals surface area contributed by atoms with E-state index in [1.807, 2.05) is 19.1 Å². The molecule has 0 fully saturated rings. The van der Waals surface area contributed by atoms with Crippen molar-refractivity contribution in [2.75, 3.05) is 0 Å². The molecule has 0 aliphatic rings. The van der Waals surface area contributed by atoms with Gasteiger partial charge in [0.05, 0.1) is 10.9 Å². The second-order valence-corrected chi connectivity index (χ2v) is 9.54. The van der Waals surface area contributed by atoms with Gasteiger partial charge in [-0.05, 0) is 36.1 Å². The third kappa shape index (κ3) is 5.09. The van der Waals surface area contributed by atoms with Gasteiger partial charge >= 0.3 is 0 Å². The number of benzene rings is 2. The van der Waals surface area contributed by atoms with Crippen LogP contribution in [0, 0.1) is 0 Å². The number of primary sulfonamides is 1. The molecule has 1 atom stereocenters. The number of carbonyl (C=O) groups excluding carboxylic acids is 1. The molecular formula is C21H23N3O3S2. The third-order valence-electron chi connectivity index (χ3n) is 4.62. The molecule has 8 heteroatoms. The highest BCUT2D eigenvalue weighted by molar-refractivity contribution is 7.89. The second-order valence-electron chi connectivity index (χ2n) is 7.12. The summed E-state index contributed by atoms with van der Waals surface area (Å²) in [5.41, 5.74) is 3.35. The second kappa shape index (κ2) is 8.44. The topological polar surface area (TPSA) is 102 Å². The van der Waals surface area contributed by atoms with Crippen molar-refractivity contribution < 1.29 is 13.2 Å². The lowest BCUT2D eigenvalue weighted by atomic mass is 10.0. The summed E-state index contributed by atoms with van der Waals surface area (Å²) in [6.07, 6.45) is 0. The fraction of sp³-hybridized carbons (Fsp3) is 0.238. The van der Waals surface area contributed by atoms with Crippen molar-refractivity contribution in [1.29, 1.82) is 0 Å². The summed E-state index contributed by atoms with van der Waals surface area (Å²) in [4.78, 5) is 17.1. The molecule has 29 heavy (non-hydrogen) atoms. The largest absolute Gasteiger partial charge is 0.344 e. The Morgan fingerprint density at radius 2 is 1.59 bits per heavy atom. The zero-order chi connectivity index (χ0) is 21.2. The van der Waals surface area contributed by atoms with Crippen LogP contribution in [0.5, 0.6) is 0 Å². The first kappa shape index (κ1) is 21.2. The minimum atomic E-state index is -3.74. The fourth-order valence-electron chi connectivity index (χ4n) is 2.82. The van der Waals surface area contributed by atoms with Gasteiger partial charge in [-0.25, -0.2) is 18.5 Å². The minimum Gasteiger partial charge on any atom is -0.344 e. The van der Waals surface area contributed by atoms with E-state index in [4.69, 9.17) is 5.14 Å². The van der Waals surface area contributed by atoms with E-state index in [1.54, 1.807) is 17.5 Å². The molecule has 0 radical (unpaired) electrons. The summed E-state index contributed by atoms with van der Waals surface area (Å²) < 4.78 is 22.7. The van der Waals surface area contributed by atoms with Gasteiger partial charge in [-0.15, -0.1) is 11.3 Å². The lowest BCUT2D eigenvalue weighted by Crippen LogP contribution is -2.27.